The number of rotatable bonds is 4. The lowest BCUT2D eigenvalue weighted by Gasteiger charge is -2.02. The molecule has 0 bridgehead atoms. The second-order valence-electron chi connectivity index (χ2n) is 4.13. The van der Waals surface area contributed by atoms with Gasteiger partial charge >= 0.3 is 5.97 Å². The Morgan fingerprint density at radius 1 is 1.20 bits per heavy atom. The Kier molecular flexibility index (Phi) is 4.80. The molecular formula is C16H13ClO3. The van der Waals surface area contributed by atoms with Gasteiger partial charge in [0.25, 0.3) is 0 Å². The van der Waals surface area contributed by atoms with Crippen molar-refractivity contribution >= 4 is 23.6 Å². The molecule has 102 valence electrons. The molecule has 0 saturated carbocycles. The van der Waals surface area contributed by atoms with Gasteiger partial charge in [-0.2, -0.15) is 0 Å². The second kappa shape index (κ2) is 6.78. The SMILES string of the molecule is O=C(/C=C/c1ccc(O)cc1Cl)OCc1ccccc1. The fourth-order valence-corrected chi connectivity index (χ4v) is 1.82. The molecule has 0 radical (unpaired) electrons. The van der Waals surface area contributed by atoms with E-state index in [0.717, 1.165) is 5.56 Å². The number of aromatic hydroxyl groups is 1. The summed E-state index contributed by atoms with van der Waals surface area (Å²) < 4.78 is 5.10. The molecule has 0 amide bonds. The van der Waals surface area contributed by atoms with E-state index in [-0.39, 0.29) is 12.4 Å². The van der Waals surface area contributed by atoms with Crippen LogP contribution in [0.25, 0.3) is 6.08 Å². The fourth-order valence-electron chi connectivity index (χ4n) is 1.59. The van der Waals surface area contributed by atoms with Gasteiger partial charge in [-0.1, -0.05) is 41.9 Å². The number of halogens is 1. The minimum Gasteiger partial charge on any atom is -0.508 e. The molecule has 0 aliphatic heterocycles. The maximum absolute atomic E-state index is 11.6. The van der Waals surface area contributed by atoms with Crippen molar-refractivity contribution in [3.63, 3.8) is 0 Å². The molecule has 0 unspecified atom stereocenters. The van der Waals surface area contributed by atoms with Gasteiger partial charge in [-0.25, -0.2) is 4.79 Å². The number of hydrogen-bond donors (Lipinski definition) is 1. The number of ether oxygens (including phenoxy) is 1. The number of hydrogen-bond acceptors (Lipinski definition) is 3. The first-order valence-corrected chi connectivity index (χ1v) is 6.40. The molecule has 0 spiro atoms. The molecule has 2 aromatic rings. The molecule has 0 atom stereocenters. The third-order valence-electron chi connectivity index (χ3n) is 2.61. The van der Waals surface area contributed by atoms with Crippen LogP contribution >= 0.6 is 11.6 Å². The summed E-state index contributed by atoms with van der Waals surface area (Å²) in [5, 5.41) is 9.60. The number of carbonyl (C=O) groups is 1. The summed E-state index contributed by atoms with van der Waals surface area (Å²) in [7, 11) is 0. The van der Waals surface area contributed by atoms with Crippen LogP contribution in [0, 0.1) is 0 Å². The first-order chi connectivity index (χ1) is 9.65. The Balaban J connectivity index is 1.92. The normalized spacial score (nSPS) is 10.7. The summed E-state index contributed by atoms with van der Waals surface area (Å²) in [5.41, 5.74) is 1.57. The quantitative estimate of drug-likeness (QED) is 0.687. The number of phenols is 1. The lowest BCUT2D eigenvalue weighted by atomic mass is 10.2. The van der Waals surface area contributed by atoms with E-state index in [0.29, 0.717) is 10.6 Å². The van der Waals surface area contributed by atoms with Crippen molar-refractivity contribution in [2.24, 2.45) is 0 Å². The highest BCUT2D eigenvalue weighted by Crippen LogP contribution is 2.22. The lowest BCUT2D eigenvalue weighted by Crippen LogP contribution is -2.00. The number of phenolic OH excluding ortho intramolecular Hbond substituents is 1. The smallest absolute Gasteiger partial charge is 0.331 e. The maximum Gasteiger partial charge on any atom is 0.331 e. The van der Waals surface area contributed by atoms with Gasteiger partial charge in [-0.05, 0) is 35.4 Å². The summed E-state index contributed by atoms with van der Waals surface area (Å²) in [6.07, 6.45) is 2.86. The summed E-state index contributed by atoms with van der Waals surface area (Å²) in [6.45, 7) is 0.229. The van der Waals surface area contributed by atoms with Crippen molar-refractivity contribution in [1.29, 1.82) is 0 Å². The molecule has 2 aromatic carbocycles. The molecule has 1 N–H and O–H groups in total. The van der Waals surface area contributed by atoms with E-state index in [1.807, 2.05) is 30.3 Å². The van der Waals surface area contributed by atoms with E-state index in [1.54, 1.807) is 12.1 Å². The average Bonchev–Trinajstić information content (AvgIpc) is 2.45. The van der Waals surface area contributed by atoms with Gasteiger partial charge in [0.15, 0.2) is 0 Å². The minimum atomic E-state index is -0.446. The molecule has 0 fully saturated rings. The van der Waals surface area contributed by atoms with Gasteiger partial charge in [-0.3, -0.25) is 0 Å². The summed E-state index contributed by atoms with van der Waals surface area (Å²) in [6, 6.07) is 14.0. The molecule has 0 aliphatic rings. The molecule has 2 rings (SSSR count). The third-order valence-corrected chi connectivity index (χ3v) is 2.93. The fraction of sp³-hybridized carbons (Fsp3) is 0.0625. The van der Waals surface area contributed by atoms with E-state index in [9.17, 15) is 9.90 Å². The van der Waals surface area contributed by atoms with Crippen molar-refractivity contribution in [3.8, 4) is 5.75 Å². The van der Waals surface area contributed by atoms with Gasteiger partial charge < -0.3 is 9.84 Å². The van der Waals surface area contributed by atoms with Gasteiger partial charge in [-0.15, -0.1) is 0 Å². The average molecular weight is 289 g/mol. The van der Waals surface area contributed by atoms with Crippen LogP contribution in [0.3, 0.4) is 0 Å². The predicted molar refractivity (Wildman–Crippen MR) is 78.4 cm³/mol. The number of esters is 1. The van der Waals surface area contributed by atoms with E-state index in [4.69, 9.17) is 16.3 Å². The first-order valence-electron chi connectivity index (χ1n) is 6.02. The molecule has 0 aliphatic carbocycles. The van der Waals surface area contributed by atoms with Crippen LogP contribution in [0.15, 0.2) is 54.6 Å². The van der Waals surface area contributed by atoms with Crippen LogP contribution in [-0.2, 0) is 16.1 Å². The van der Waals surface area contributed by atoms with Crippen molar-refractivity contribution in [2.75, 3.05) is 0 Å². The summed E-state index contributed by atoms with van der Waals surface area (Å²) in [5.74, 6) is -0.364. The Morgan fingerprint density at radius 2 is 1.95 bits per heavy atom. The zero-order chi connectivity index (χ0) is 14.4. The Hall–Kier alpha value is -2.26. The zero-order valence-corrected chi connectivity index (χ0v) is 11.4. The highest BCUT2D eigenvalue weighted by atomic mass is 35.5. The summed E-state index contributed by atoms with van der Waals surface area (Å²) >= 11 is 5.92. The highest BCUT2D eigenvalue weighted by Gasteiger charge is 2.01. The highest BCUT2D eigenvalue weighted by molar-refractivity contribution is 6.32. The largest absolute Gasteiger partial charge is 0.508 e. The van der Waals surface area contributed by atoms with Crippen molar-refractivity contribution in [3.05, 3.63) is 70.8 Å². The second-order valence-corrected chi connectivity index (χ2v) is 4.54. The Morgan fingerprint density at radius 3 is 2.65 bits per heavy atom. The van der Waals surface area contributed by atoms with Crippen LogP contribution in [0.2, 0.25) is 5.02 Å². The van der Waals surface area contributed by atoms with Crippen molar-refractivity contribution < 1.29 is 14.6 Å². The third kappa shape index (κ3) is 4.14. The van der Waals surface area contributed by atoms with Crippen LogP contribution in [0.1, 0.15) is 11.1 Å². The molecule has 0 heterocycles. The molecule has 3 nitrogen and oxygen atoms in total. The van der Waals surface area contributed by atoms with Crippen LogP contribution in [0.4, 0.5) is 0 Å². The van der Waals surface area contributed by atoms with Crippen LogP contribution in [0.5, 0.6) is 5.75 Å². The molecule has 0 saturated heterocycles. The van der Waals surface area contributed by atoms with E-state index in [1.165, 1.54) is 18.2 Å². The zero-order valence-electron chi connectivity index (χ0n) is 10.6. The van der Waals surface area contributed by atoms with Gasteiger partial charge in [0.05, 0.1) is 5.02 Å². The minimum absolute atomic E-state index is 0.0822. The van der Waals surface area contributed by atoms with Crippen LogP contribution in [-0.4, -0.2) is 11.1 Å². The maximum atomic E-state index is 11.6. The standard InChI is InChI=1S/C16H13ClO3/c17-15-10-14(18)8-6-13(15)7-9-16(19)20-11-12-4-2-1-3-5-12/h1-10,18H,11H2/b9-7+. The van der Waals surface area contributed by atoms with Crippen molar-refractivity contribution in [1.82, 2.24) is 0 Å². The van der Waals surface area contributed by atoms with Gasteiger partial charge in [0.2, 0.25) is 0 Å². The summed E-state index contributed by atoms with van der Waals surface area (Å²) in [4.78, 5) is 11.6. The monoisotopic (exact) mass is 288 g/mol. The van der Waals surface area contributed by atoms with Gasteiger partial charge in [0, 0.05) is 6.08 Å². The van der Waals surface area contributed by atoms with Crippen molar-refractivity contribution in [2.45, 2.75) is 6.61 Å². The number of benzene rings is 2. The first kappa shape index (κ1) is 14.2. The molecule has 0 aromatic heterocycles. The topological polar surface area (TPSA) is 46.5 Å². The van der Waals surface area contributed by atoms with Crippen LogP contribution < -0.4 is 0 Å². The Labute approximate surface area is 122 Å². The lowest BCUT2D eigenvalue weighted by molar-refractivity contribution is -0.138. The molecular weight excluding hydrogens is 276 g/mol. The van der Waals surface area contributed by atoms with E-state index in [2.05, 4.69) is 0 Å². The number of carbonyl (C=O) groups excluding carboxylic acids is 1. The molecule has 20 heavy (non-hydrogen) atoms. The predicted octanol–water partition coefficient (Wildman–Crippen LogP) is 3.80. The Bertz CT molecular complexity index is 621. The molecule has 4 heteroatoms. The van der Waals surface area contributed by atoms with E-state index < -0.39 is 5.97 Å². The van der Waals surface area contributed by atoms with E-state index >= 15 is 0 Å². The van der Waals surface area contributed by atoms with Gasteiger partial charge in [0.1, 0.15) is 12.4 Å².